The van der Waals surface area contributed by atoms with E-state index in [1.165, 1.54) is 28.8 Å². The SMILES string of the molecule is Cc1cc(-c2nc3ccccc3c(=O)n2-c2ccc(N(CS(C)(=O)=O)S(=O)O)cc2)cc(C)c1OCCOS(C)(=O)=O. The van der Waals surface area contributed by atoms with Crippen molar-refractivity contribution in [3.8, 4) is 22.8 Å². The van der Waals surface area contributed by atoms with Crippen molar-refractivity contribution in [1.29, 1.82) is 0 Å². The maximum atomic E-state index is 13.8. The van der Waals surface area contributed by atoms with Crippen LogP contribution in [0.4, 0.5) is 5.69 Å². The maximum Gasteiger partial charge on any atom is 0.266 e. The molecule has 224 valence electrons. The molecule has 42 heavy (non-hydrogen) atoms. The normalized spacial score (nSPS) is 12.8. The molecular weight excluding hydrogens is 607 g/mol. The van der Waals surface area contributed by atoms with E-state index in [0.29, 0.717) is 33.7 Å². The molecule has 0 saturated carbocycles. The third-order valence-electron chi connectivity index (χ3n) is 6.06. The molecule has 4 rings (SSSR count). The molecule has 0 fully saturated rings. The van der Waals surface area contributed by atoms with Crippen molar-refractivity contribution in [3.63, 3.8) is 0 Å². The monoisotopic (exact) mass is 635 g/mol. The lowest BCUT2D eigenvalue weighted by Gasteiger charge is -2.20. The number of aromatic nitrogens is 2. The third-order valence-corrected chi connectivity index (χ3v) is 8.26. The molecule has 1 atom stereocenters. The summed E-state index contributed by atoms with van der Waals surface area (Å²) in [7, 11) is -7.21. The van der Waals surface area contributed by atoms with Gasteiger partial charge >= 0.3 is 0 Å². The number of hydrogen-bond acceptors (Lipinski definition) is 9. The summed E-state index contributed by atoms with van der Waals surface area (Å²) in [5.74, 6) is 0.187. The molecule has 0 bridgehead atoms. The number of sulfone groups is 1. The van der Waals surface area contributed by atoms with Gasteiger partial charge < -0.3 is 4.74 Å². The molecular formula is C27H29N3O9S3. The molecule has 1 N–H and O–H groups in total. The van der Waals surface area contributed by atoms with Crippen molar-refractivity contribution in [2.45, 2.75) is 13.8 Å². The number of rotatable bonds is 11. The van der Waals surface area contributed by atoms with E-state index in [-0.39, 0.29) is 24.5 Å². The van der Waals surface area contributed by atoms with Gasteiger partial charge in [-0.1, -0.05) is 12.1 Å². The molecule has 4 aromatic rings. The number of benzene rings is 3. The van der Waals surface area contributed by atoms with Gasteiger partial charge in [0.15, 0.2) is 9.84 Å². The Bertz CT molecular complexity index is 1920. The van der Waals surface area contributed by atoms with Crippen molar-refractivity contribution in [3.05, 3.63) is 82.1 Å². The number of ether oxygens (including phenoxy) is 1. The smallest absolute Gasteiger partial charge is 0.266 e. The van der Waals surface area contributed by atoms with Gasteiger partial charge in [-0.3, -0.25) is 22.4 Å². The minimum atomic E-state index is -3.61. The summed E-state index contributed by atoms with van der Waals surface area (Å²) in [5, 5.41) is 0.375. The maximum absolute atomic E-state index is 13.8. The fourth-order valence-corrected chi connectivity index (χ4v) is 6.58. The minimum Gasteiger partial charge on any atom is -0.491 e. The lowest BCUT2D eigenvalue weighted by Crippen LogP contribution is -2.31. The van der Waals surface area contributed by atoms with Crippen molar-refractivity contribution >= 4 is 47.8 Å². The first kappa shape index (κ1) is 31.3. The highest BCUT2D eigenvalue weighted by atomic mass is 32.2. The Morgan fingerprint density at radius 3 is 2.14 bits per heavy atom. The first-order valence-electron chi connectivity index (χ1n) is 12.4. The van der Waals surface area contributed by atoms with Crippen LogP contribution in [-0.4, -0.2) is 66.8 Å². The lowest BCUT2D eigenvalue weighted by molar-refractivity contribution is 0.220. The topological polar surface area (TPSA) is 162 Å². The summed E-state index contributed by atoms with van der Waals surface area (Å²) in [6.45, 7) is 3.49. The van der Waals surface area contributed by atoms with Gasteiger partial charge in [-0.2, -0.15) is 8.42 Å². The van der Waals surface area contributed by atoms with Crippen LogP contribution in [0.25, 0.3) is 28.0 Å². The van der Waals surface area contributed by atoms with E-state index >= 15 is 0 Å². The van der Waals surface area contributed by atoms with Crippen LogP contribution >= 0.6 is 0 Å². The lowest BCUT2D eigenvalue weighted by atomic mass is 10.0. The Kier molecular flexibility index (Phi) is 9.18. The molecule has 0 radical (unpaired) electrons. The first-order valence-corrected chi connectivity index (χ1v) is 17.4. The van der Waals surface area contributed by atoms with Crippen LogP contribution < -0.4 is 14.6 Å². The number of nitrogens with zero attached hydrogens (tertiary/aromatic N) is 3. The molecule has 1 unspecified atom stereocenters. The Balaban J connectivity index is 1.80. The zero-order valence-electron chi connectivity index (χ0n) is 23.2. The second-order valence-electron chi connectivity index (χ2n) is 9.59. The Morgan fingerprint density at radius 2 is 1.57 bits per heavy atom. The van der Waals surface area contributed by atoms with Gasteiger partial charge in [0.2, 0.25) is 0 Å². The first-order chi connectivity index (χ1) is 19.6. The van der Waals surface area contributed by atoms with E-state index in [9.17, 15) is 30.4 Å². The van der Waals surface area contributed by atoms with Crippen molar-refractivity contribution in [1.82, 2.24) is 9.55 Å². The van der Waals surface area contributed by atoms with E-state index in [4.69, 9.17) is 13.9 Å². The minimum absolute atomic E-state index is 0.00829. The molecule has 0 saturated heterocycles. The van der Waals surface area contributed by atoms with Crippen LogP contribution in [-0.2, 0) is 35.4 Å². The quantitative estimate of drug-likeness (QED) is 0.147. The third kappa shape index (κ3) is 7.41. The van der Waals surface area contributed by atoms with Gasteiger partial charge in [0, 0.05) is 11.8 Å². The molecule has 0 aliphatic heterocycles. The summed E-state index contributed by atoms with van der Waals surface area (Å²) in [5.41, 5.74) is 2.73. The van der Waals surface area contributed by atoms with Gasteiger partial charge in [-0.15, -0.1) is 0 Å². The van der Waals surface area contributed by atoms with Crippen molar-refractivity contribution in [2.24, 2.45) is 0 Å². The molecule has 0 aliphatic rings. The van der Waals surface area contributed by atoms with E-state index in [1.807, 2.05) is 13.8 Å². The molecule has 0 amide bonds. The predicted octanol–water partition coefficient (Wildman–Crippen LogP) is 2.97. The largest absolute Gasteiger partial charge is 0.491 e. The van der Waals surface area contributed by atoms with Crippen molar-refractivity contribution in [2.75, 3.05) is 35.9 Å². The molecule has 3 aromatic carbocycles. The second kappa shape index (κ2) is 12.3. The van der Waals surface area contributed by atoms with Gasteiger partial charge in [-0.05, 0) is 73.5 Å². The second-order valence-corrected chi connectivity index (χ2v) is 14.2. The summed E-state index contributed by atoms with van der Waals surface area (Å²) >= 11 is -2.60. The predicted molar refractivity (Wildman–Crippen MR) is 162 cm³/mol. The zero-order chi connectivity index (χ0) is 30.8. The van der Waals surface area contributed by atoms with Crippen LogP contribution in [0.3, 0.4) is 0 Å². The Labute approximate surface area is 246 Å². The molecule has 1 heterocycles. The summed E-state index contributed by atoms with van der Waals surface area (Å²) in [6.07, 6.45) is 1.92. The van der Waals surface area contributed by atoms with E-state index in [1.54, 1.807) is 36.4 Å². The number of para-hydroxylation sites is 1. The molecule has 0 spiro atoms. The van der Waals surface area contributed by atoms with E-state index in [0.717, 1.165) is 27.9 Å². The highest BCUT2D eigenvalue weighted by molar-refractivity contribution is 7.92. The van der Waals surface area contributed by atoms with Gasteiger partial charge in [0.1, 0.15) is 30.7 Å². The summed E-state index contributed by atoms with van der Waals surface area (Å²) in [4.78, 5) is 18.6. The summed E-state index contributed by atoms with van der Waals surface area (Å²) < 4.78 is 80.3. The molecule has 12 nitrogen and oxygen atoms in total. The van der Waals surface area contributed by atoms with Gasteiger partial charge in [0.25, 0.3) is 26.9 Å². The van der Waals surface area contributed by atoms with Crippen LogP contribution in [0, 0.1) is 13.8 Å². The molecule has 15 heteroatoms. The fraction of sp³-hybridized carbons (Fsp3) is 0.259. The van der Waals surface area contributed by atoms with Crippen LogP contribution in [0.5, 0.6) is 5.75 Å². The Hall–Kier alpha value is -3.63. The fourth-order valence-electron chi connectivity index (χ4n) is 4.39. The van der Waals surface area contributed by atoms with E-state index < -0.39 is 37.1 Å². The van der Waals surface area contributed by atoms with Crippen LogP contribution in [0.2, 0.25) is 0 Å². The van der Waals surface area contributed by atoms with E-state index in [2.05, 4.69) is 0 Å². The zero-order valence-corrected chi connectivity index (χ0v) is 25.6. The highest BCUT2D eigenvalue weighted by Crippen LogP contribution is 2.31. The van der Waals surface area contributed by atoms with Crippen LogP contribution in [0.1, 0.15) is 11.1 Å². The molecule has 0 aliphatic carbocycles. The highest BCUT2D eigenvalue weighted by Gasteiger charge is 2.20. The number of aryl methyl sites for hydroxylation is 2. The number of fused-ring (bicyclic) bond motifs is 1. The standard InChI is InChI=1S/C27H29N3O9S3/c1-18-15-20(16-19(2)25(18)38-13-14-39-42(4,36)37)26-28-24-8-6-5-7-23(24)27(31)30(26)22-11-9-21(10-12-22)29(40(32)33)17-41(3,34)35/h5-12,15-16H,13-14,17H2,1-4H3,(H,32,33). The van der Waals surface area contributed by atoms with Gasteiger partial charge in [-0.25, -0.2) is 17.6 Å². The number of anilines is 1. The molecule has 1 aromatic heterocycles. The average molecular weight is 636 g/mol. The van der Waals surface area contributed by atoms with Crippen molar-refractivity contribution < 1.29 is 34.5 Å². The van der Waals surface area contributed by atoms with Gasteiger partial charge in [0.05, 0.1) is 28.5 Å². The summed E-state index contributed by atoms with van der Waals surface area (Å²) in [6, 6.07) is 16.5. The number of hydrogen-bond donors (Lipinski definition) is 1. The van der Waals surface area contributed by atoms with Crippen LogP contribution in [0.15, 0.2) is 65.5 Å². The Morgan fingerprint density at radius 1 is 0.952 bits per heavy atom. The average Bonchev–Trinajstić information content (AvgIpc) is 2.90.